The lowest BCUT2D eigenvalue weighted by Gasteiger charge is -2.10. The van der Waals surface area contributed by atoms with Crippen LogP contribution in [0.4, 0.5) is 21.7 Å². The highest BCUT2D eigenvalue weighted by molar-refractivity contribution is 6.37. The van der Waals surface area contributed by atoms with Crippen LogP contribution in [0.25, 0.3) is 0 Å². The zero-order valence-corrected chi connectivity index (χ0v) is 10.9. The summed E-state index contributed by atoms with van der Waals surface area (Å²) in [5, 5.41) is 11.8. The van der Waals surface area contributed by atoms with Gasteiger partial charge in [-0.25, -0.2) is 9.37 Å². The Kier molecular flexibility index (Phi) is 3.74. The molecule has 0 aliphatic heterocycles. The standard InChI is InChI=1S/C12H7Cl2FN4/c13-7-4-8(14)12(19-11(7)17)18-10-2-1-6(5-16)3-9(10)15/h1-4H,(H3,17,18,19). The fourth-order valence-corrected chi connectivity index (χ4v) is 1.79. The Labute approximate surface area is 118 Å². The van der Waals surface area contributed by atoms with Crippen LogP contribution in [0.1, 0.15) is 5.56 Å². The number of anilines is 3. The highest BCUT2D eigenvalue weighted by Gasteiger charge is 2.10. The van der Waals surface area contributed by atoms with Crippen molar-refractivity contribution in [1.82, 2.24) is 4.98 Å². The summed E-state index contributed by atoms with van der Waals surface area (Å²) in [5.74, 6) is -0.319. The number of nitrogens with two attached hydrogens (primary N) is 1. The van der Waals surface area contributed by atoms with Crippen LogP contribution >= 0.6 is 23.2 Å². The molecule has 3 N–H and O–H groups in total. The van der Waals surface area contributed by atoms with E-state index in [4.69, 9.17) is 34.2 Å². The van der Waals surface area contributed by atoms with Gasteiger partial charge in [-0.05, 0) is 24.3 Å². The van der Waals surface area contributed by atoms with Crippen molar-refractivity contribution >= 4 is 40.5 Å². The number of nitrogen functional groups attached to an aromatic ring is 1. The van der Waals surface area contributed by atoms with Gasteiger partial charge in [0, 0.05) is 0 Å². The number of hydrogen-bond donors (Lipinski definition) is 2. The van der Waals surface area contributed by atoms with Crippen molar-refractivity contribution < 1.29 is 4.39 Å². The molecule has 7 heteroatoms. The normalized spacial score (nSPS) is 10.0. The Hall–Kier alpha value is -2.03. The third-order valence-electron chi connectivity index (χ3n) is 2.31. The molecule has 0 aliphatic carbocycles. The van der Waals surface area contributed by atoms with Gasteiger partial charge < -0.3 is 11.1 Å². The number of nitrogens with one attached hydrogen (secondary N) is 1. The topological polar surface area (TPSA) is 74.7 Å². The molecule has 4 nitrogen and oxygen atoms in total. The summed E-state index contributed by atoms with van der Waals surface area (Å²) < 4.78 is 13.7. The van der Waals surface area contributed by atoms with Crippen molar-refractivity contribution in [2.75, 3.05) is 11.1 Å². The molecule has 0 bridgehead atoms. The predicted octanol–water partition coefficient (Wildman–Crippen LogP) is 3.72. The van der Waals surface area contributed by atoms with E-state index in [0.717, 1.165) is 6.07 Å². The van der Waals surface area contributed by atoms with Gasteiger partial charge in [0.15, 0.2) is 5.82 Å². The second-order valence-electron chi connectivity index (χ2n) is 3.62. The Bertz CT molecular complexity index is 682. The molecule has 1 heterocycles. The predicted molar refractivity (Wildman–Crippen MR) is 73.1 cm³/mol. The summed E-state index contributed by atoms with van der Waals surface area (Å²) in [4.78, 5) is 3.92. The third kappa shape index (κ3) is 2.87. The summed E-state index contributed by atoms with van der Waals surface area (Å²) in [6, 6.07) is 7.24. The number of nitrogens with zero attached hydrogens (tertiary/aromatic N) is 2. The molecule has 0 aliphatic rings. The molecule has 1 aromatic carbocycles. The van der Waals surface area contributed by atoms with E-state index >= 15 is 0 Å². The SMILES string of the molecule is N#Cc1ccc(Nc2nc(N)c(Cl)cc2Cl)c(F)c1. The Morgan fingerprint density at radius 3 is 2.63 bits per heavy atom. The minimum atomic E-state index is -0.592. The monoisotopic (exact) mass is 296 g/mol. The summed E-state index contributed by atoms with van der Waals surface area (Å²) in [7, 11) is 0. The minimum Gasteiger partial charge on any atom is -0.382 e. The van der Waals surface area contributed by atoms with Crippen LogP contribution in [-0.2, 0) is 0 Å². The first-order valence-corrected chi connectivity index (χ1v) is 5.85. The molecule has 0 saturated heterocycles. The van der Waals surface area contributed by atoms with Crippen LogP contribution in [0, 0.1) is 17.1 Å². The zero-order chi connectivity index (χ0) is 14.0. The van der Waals surface area contributed by atoms with Gasteiger partial charge in [-0.2, -0.15) is 5.26 Å². The molecule has 0 fully saturated rings. The second-order valence-corrected chi connectivity index (χ2v) is 4.43. The molecule has 1 aromatic heterocycles. The summed E-state index contributed by atoms with van der Waals surface area (Å²) >= 11 is 11.7. The lowest BCUT2D eigenvalue weighted by molar-refractivity contribution is 0.631. The summed E-state index contributed by atoms with van der Waals surface area (Å²) in [6.45, 7) is 0. The van der Waals surface area contributed by atoms with E-state index in [9.17, 15) is 4.39 Å². The van der Waals surface area contributed by atoms with Crippen LogP contribution < -0.4 is 11.1 Å². The van der Waals surface area contributed by atoms with E-state index < -0.39 is 5.82 Å². The molecular weight excluding hydrogens is 290 g/mol. The lowest BCUT2D eigenvalue weighted by Crippen LogP contribution is -2.00. The summed E-state index contributed by atoms with van der Waals surface area (Å²) in [6.07, 6.45) is 0. The highest BCUT2D eigenvalue weighted by Crippen LogP contribution is 2.30. The average Bonchev–Trinajstić information content (AvgIpc) is 2.38. The van der Waals surface area contributed by atoms with Gasteiger partial charge in [0.25, 0.3) is 0 Å². The largest absolute Gasteiger partial charge is 0.382 e. The molecule has 96 valence electrons. The zero-order valence-electron chi connectivity index (χ0n) is 9.42. The Morgan fingerprint density at radius 1 is 1.26 bits per heavy atom. The third-order valence-corrected chi connectivity index (χ3v) is 2.90. The van der Waals surface area contributed by atoms with Crippen molar-refractivity contribution in [3.05, 3.63) is 45.7 Å². The van der Waals surface area contributed by atoms with Gasteiger partial charge in [0.1, 0.15) is 11.6 Å². The summed E-state index contributed by atoms with van der Waals surface area (Å²) in [5.41, 5.74) is 5.90. The van der Waals surface area contributed by atoms with Gasteiger partial charge in [0.2, 0.25) is 0 Å². The number of benzene rings is 1. The molecule has 0 saturated carbocycles. The first-order chi connectivity index (χ1) is 9.01. The van der Waals surface area contributed by atoms with Crippen LogP contribution in [0.5, 0.6) is 0 Å². The molecular formula is C12H7Cl2FN4. The van der Waals surface area contributed by atoms with Crippen molar-refractivity contribution in [2.24, 2.45) is 0 Å². The number of rotatable bonds is 2. The van der Waals surface area contributed by atoms with Crippen molar-refractivity contribution in [1.29, 1.82) is 5.26 Å². The van der Waals surface area contributed by atoms with Gasteiger partial charge >= 0.3 is 0 Å². The maximum Gasteiger partial charge on any atom is 0.151 e. The minimum absolute atomic E-state index is 0.0858. The fraction of sp³-hybridized carbons (Fsp3) is 0. The molecule has 0 atom stereocenters. The molecule has 0 amide bonds. The number of halogens is 3. The van der Waals surface area contributed by atoms with Crippen molar-refractivity contribution in [3.63, 3.8) is 0 Å². The van der Waals surface area contributed by atoms with E-state index in [0.29, 0.717) is 0 Å². The van der Waals surface area contributed by atoms with E-state index in [2.05, 4.69) is 10.3 Å². The quantitative estimate of drug-likeness (QED) is 0.885. The van der Waals surface area contributed by atoms with Gasteiger partial charge in [0.05, 0.1) is 27.4 Å². The number of nitriles is 1. The number of aromatic nitrogens is 1. The number of pyridine rings is 1. The smallest absolute Gasteiger partial charge is 0.151 e. The number of hydrogen-bond acceptors (Lipinski definition) is 4. The van der Waals surface area contributed by atoms with Crippen LogP contribution in [0.15, 0.2) is 24.3 Å². The molecule has 2 aromatic rings. The highest BCUT2D eigenvalue weighted by atomic mass is 35.5. The van der Waals surface area contributed by atoms with Crippen molar-refractivity contribution in [2.45, 2.75) is 0 Å². The van der Waals surface area contributed by atoms with Crippen molar-refractivity contribution in [3.8, 4) is 6.07 Å². The molecule has 19 heavy (non-hydrogen) atoms. The van der Waals surface area contributed by atoms with Crippen LogP contribution in [0.3, 0.4) is 0 Å². The average molecular weight is 297 g/mol. The molecule has 0 unspecified atom stereocenters. The molecule has 0 radical (unpaired) electrons. The van der Waals surface area contributed by atoms with Crippen LogP contribution in [-0.4, -0.2) is 4.98 Å². The Balaban J connectivity index is 2.37. The van der Waals surface area contributed by atoms with Gasteiger partial charge in [-0.1, -0.05) is 23.2 Å². The molecule has 2 rings (SSSR count). The first kappa shape index (κ1) is 13.4. The van der Waals surface area contributed by atoms with E-state index in [-0.39, 0.29) is 32.9 Å². The maximum atomic E-state index is 13.7. The van der Waals surface area contributed by atoms with E-state index in [1.54, 1.807) is 0 Å². The van der Waals surface area contributed by atoms with Crippen LogP contribution in [0.2, 0.25) is 10.0 Å². The van der Waals surface area contributed by atoms with Gasteiger partial charge in [-0.3, -0.25) is 0 Å². The molecule has 0 spiro atoms. The Morgan fingerprint density at radius 2 is 2.00 bits per heavy atom. The van der Waals surface area contributed by atoms with E-state index in [1.165, 1.54) is 18.2 Å². The second kappa shape index (κ2) is 5.31. The van der Waals surface area contributed by atoms with Gasteiger partial charge in [-0.15, -0.1) is 0 Å². The lowest BCUT2D eigenvalue weighted by atomic mass is 10.2. The maximum absolute atomic E-state index is 13.7. The fourth-order valence-electron chi connectivity index (χ4n) is 1.38. The van der Waals surface area contributed by atoms with E-state index in [1.807, 2.05) is 6.07 Å². The first-order valence-electron chi connectivity index (χ1n) is 5.09.